The van der Waals surface area contributed by atoms with Crippen LogP contribution in [0, 0.1) is 0 Å². The Kier molecular flexibility index (Phi) is 5.78. The molecule has 1 rings (SSSR count). The summed E-state index contributed by atoms with van der Waals surface area (Å²) < 4.78 is 4.93. The van der Waals surface area contributed by atoms with Crippen LogP contribution in [0.1, 0.15) is 15.9 Å². The predicted molar refractivity (Wildman–Crippen MR) is 66.3 cm³/mol. The van der Waals surface area contributed by atoms with Crippen LogP contribution >= 0.6 is 12.4 Å². The van der Waals surface area contributed by atoms with Gasteiger partial charge in [0.25, 0.3) is 0 Å². The predicted octanol–water partition coefficient (Wildman–Crippen LogP) is 1.58. The average molecular weight is 262 g/mol. The summed E-state index contributed by atoms with van der Waals surface area (Å²) in [5.41, 5.74) is 0.633. The lowest BCUT2D eigenvalue weighted by Gasteiger charge is -2.14. The maximum absolute atomic E-state index is 10.9. The number of rotatable bonds is 4. The van der Waals surface area contributed by atoms with Crippen molar-refractivity contribution in [3.8, 4) is 11.5 Å². The van der Waals surface area contributed by atoms with Crippen LogP contribution in [0.5, 0.6) is 11.5 Å². The van der Waals surface area contributed by atoms with E-state index in [0.717, 1.165) is 0 Å². The molecule has 0 saturated carbocycles. The van der Waals surface area contributed by atoms with E-state index < -0.39 is 5.97 Å². The Hall–Kier alpha value is -1.46. The number of aromatic hydroxyl groups is 1. The van der Waals surface area contributed by atoms with E-state index in [1.165, 1.54) is 19.2 Å². The van der Waals surface area contributed by atoms with Gasteiger partial charge in [0, 0.05) is 12.1 Å². The Labute approximate surface area is 106 Å². The number of ether oxygens (including phenoxy) is 1. The molecule has 0 spiro atoms. The Balaban J connectivity index is 0.00000256. The Bertz CT molecular complexity index is 407. The molecule has 0 radical (unpaired) electrons. The summed E-state index contributed by atoms with van der Waals surface area (Å²) in [6.45, 7) is 0.448. The fourth-order valence-corrected chi connectivity index (χ4v) is 1.41. The molecule has 0 heterocycles. The van der Waals surface area contributed by atoms with Gasteiger partial charge in [-0.25, -0.2) is 4.79 Å². The van der Waals surface area contributed by atoms with Crippen molar-refractivity contribution in [3.63, 3.8) is 0 Å². The Morgan fingerprint density at radius 3 is 2.41 bits per heavy atom. The first kappa shape index (κ1) is 15.5. The molecule has 0 amide bonds. The topological polar surface area (TPSA) is 70.0 Å². The molecule has 0 unspecified atom stereocenters. The van der Waals surface area contributed by atoms with E-state index >= 15 is 0 Å². The third-order valence-electron chi connectivity index (χ3n) is 2.11. The van der Waals surface area contributed by atoms with E-state index in [2.05, 4.69) is 0 Å². The van der Waals surface area contributed by atoms with Gasteiger partial charge in [-0.05, 0) is 26.2 Å². The van der Waals surface area contributed by atoms with Gasteiger partial charge in [-0.15, -0.1) is 12.4 Å². The number of phenolic OH excluding ortho intramolecular Hbond substituents is 1. The molecule has 2 N–H and O–H groups in total. The minimum absolute atomic E-state index is 0. The number of carboxylic acid groups (broad SMARTS) is 1. The molecule has 1 aromatic rings. The van der Waals surface area contributed by atoms with Crippen molar-refractivity contribution in [3.05, 3.63) is 23.3 Å². The summed E-state index contributed by atoms with van der Waals surface area (Å²) in [6.07, 6.45) is 0. The first-order valence-electron chi connectivity index (χ1n) is 4.73. The number of benzene rings is 1. The van der Waals surface area contributed by atoms with Crippen LogP contribution in [0.3, 0.4) is 0 Å². The quantitative estimate of drug-likeness (QED) is 0.861. The molecule has 0 atom stereocenters. The second-order valence-electron chi connectivity index (χ2n) is 3.73. The molecule has 96 valence electrons. The molecule has 0 bridgehead atoms. The highest BCUT2D eigenvalue weighted by molar-refractivity contribution is 5.89. The van der Waals surface area contributed by atoms with E-state index in [1.807, 2.05) is 19.0 Å². The van der Waals surface area contributed by atoms with Gasteiger partial charge in [0.1, 0.15) is 0 Å². The summed E-state index contributed by atoms with van der Waals surface area (Å²) in [5, 5.41) is 18.7. The summed E-state index contributed by atoms with van der Waals surface area (Å²) in [7, 11) is 5.05. The molecule has 0 aliphatic carbocycles. The van der Waals surface area contributed by atoms with Crippen molar-refractivity contribution in [1.82, 2.24) is 4.90 Å². The van der Waals surface area contributed by atoms with Gasteiger partial charge >= 0.3 is 5.97 Å². The first-order chi connectivity index (χ1) is 7.45. The number of nitrogens with zero attached hydrogens (tertiary/aromatic N) is 1. The van der Waals surface area contributed by atoms with Crippen molar-refractivity contribution in [2.75, 3.05) is 21.2 Å². The van der Waals surface area contributed by atoms with E-state index in [4.69, 9.17) is 9.84 Å². The molecular weight excluding hydrogens is 246 g/mol. The molecule has 0 saturated heterocycles. The number of hydrogen-bond acceptors (Lipinski definition) is 4. The van der Waals surface area contributed by atoms with Crippen molar-refractivity contribution in [2.24, 2.45) is 0 Å². The molecule has 0 aliphatic rings. The zero-order valence-electron chi connectivity index (χ0n) is 9.93. The van der Waals surface area contributed by atoms with E-state index in [-0.39, 0.29) is 29.5 Å². The van der Waals surface area contributed by atoms with E-state index in [0.29, 0.717) is 12.1 Å². The monoisotopic (exact) mass is 261 g/mol. The average Bonchev–Trinajstić information content (AvgIpc) is 2.20. The highest BCUT2D eigenvalue weighted by Crippen LogP contribution is 2.32. The molecule has 0 fully saturated rings. The fraction of sp³-hybridized carbons (Fsp3) is 0.364. The van der Waals surface area contributed by atoms with Crippen LogP contribution in [0.2, 0.25) is 0 Å². The van der Waals surface area contributed by atoms with Gasteiger partial charge in [-0.1, -0.05) is 0 Å². The molecular formula is C11H16ClNO4. The zero-order chi connectivity index (χ0) is 12.3. The second-order valence-corrected chi connectivity index (χ2v) is 3.73. The van der Waals surface area contributed by atoms with Crippen LogP contribution in [0.25, 0.3) is 0 Å². The van der Waals surface area contributed by atoms with Gasteiger partial charge in [0.05, 0.1) is 12.7 Å². The van der Waals surface area contributed by atoms with Crippen LogP contribution in [0.15, 0.2) is 12.1 Å². The van der Waals surface area contributed by atoms with Crippen LogP contribution in [-0.4, -0.2) is 42.3 Å². The fourth-order valence-electron chi connectivity index (χ4n) is 1.41. The highest BCUT2D eigenvalue weighted by Gasteiger charge is 2.14. The number of phenols is 1. The van der Waals surface area contributed by atoms with Gasteiger partial charge in [0.15, 0.2) is 11.5 Å². The molecule has 0 aliphatic heterocycles. The maximum atomic E-state index is 10.9. The SMILES string of the molecule is COc1cc(C(=O)O)cc(CN(C)C)c1O.Cl. The lowest BCUT2D eigenvalue weighted by Crippen LogP contribution is -2.12. The minimum atomic E-state index is -1.04. The molecule has 0 aromatic heterocycles. The molecule has 17 heavy (non-hydrogen) atoms. The lowest BCUT2D eigenvalue weighted by atomic mass is 10.1. The smallest absolute Gasteiger partial charge is 0.335 e. The molecule has 6 heteroatoms. The normalized spacial score (nSPS) is 9.88. The highest BCUT2D eigenvalue weighted by atomic mass is 35.5. The largest absolute Gasteiger partial charge is 0.504 e. The minimum Gasteiger partial charge on any atom is -0.504 e. The number of halogens is 1. The van der Waals surface area contributed by atoms with Crippen molar-refractivity contribution in [1.29, 1.82) is 0 Å². The zero-order valence-corrected chi connectivity index (χ0v) is 10.7. The van der Waals surface area contributed by atoms with Crippen LogP contribution < -0.4 is 4.74 Å². The van der Waals surface area contributed by atoms with Crippen molar-refractivity contribution < 1.29 is 19.7 Å². The summed E-state index contributed by atoms with van der Waals surface area (Å²) in [4.78, 5) is 12.7. The standard InChI is InChI=1S/C11H15NO4.ClH/c1-12(2)6-8-4-7(11(14)15)5-9(16-3)10(8)13;/h4-5,13H,6H2,1-3H3,(H,14,15);1H. The first-order valence-corrected chi connectivity index (χ1v) is 4.73. The van der Waals surface area contributed by atoms with Crippen LogP contribution in [-0.2, 0) is 6.54 Å². The van der Waals surface area contributed by atoms with Gasteiger partial charge in [-0.3, -0.25) is 0 Å². The van der Waals surface area contributed by atoms with Gasteiger partial charge < -0.3 is 19.8 Å². The number of carbonyl (C=O) groups is 1. The van der Waals surface area contributed by atoms with Gasteiger partial charge in [0.2, 0.25) is 0 Å². The third-order valence-corrected chi connectivity index (χ3v) is 2.11. The van der Waals surface area contributed by atoms with Crippen LogP contribution in [0.4, 0.5) is 0 Å². The number of hydrogen-bond donors (Lipinski definition) is 2. The summed E-state index contributed by atoms with van der Waals surface area (Å²) >= 11 is 0. The maximum Gasteiger partial charge on any atom is 0.335 e. The molecule has 1 aromatic carbocycles. The summed E-state index contributed by atoms with van der Waals surface area (Å²) in [6, 6.07) is 2.75. The summed E-state index contributed by atoms with van der Waals surface area (Å²) in [5.74, 6) is -0.878. The van der Waals surface area contributed by atoms with E-state index in [1.54, 1.807) is 0 Å². The Morgan fingerprint density at radius 1 is 1.41 bits per heavy atom. The second kappa shape index (κ2) is 6.32. The molecule has 5 nitrogen and oxygen atoms in total. The third kappa shape index (κ3) is 3.80. The van der Waals surface area contributed by atoms with E-state index in [9.17, 15) is 9.90 Å². The van der Waals surface area contributed by atoms with Crippen molar-refractivity contribution >= 4 is 18.4 Å². The number of methoxy groups -OCH3 is 1. The lowest BCUT2D eigenvalue weighted by molar-refractivity contribution is 0.0696. The van der Waals surface area contributed by atoms with Crippen molar-refractivity contribution in [2.45, 2.75) is 6.54 Å². The number of carboxylic acids is 1. The number of aromatic carboxylic acids is 1. The Morgan fingerprint density at radius 2 is 2.00 bits per heavy atom. The van der Waals surface area contributed by atoms with Gasteiger partial charge in [-0.2, -0.15) is 0 Å².